The number of hydrogen-bond acceptors (Lipinski definition) is 11. The van der Waals surface area contributed by atoms with Gasteiger partial charge in [0.2, 0.25) is 11.6 Å². The lowest BCUT2D eigenvalue weighted by molar-refractivity contribution is -0.122. The van der Waals surface area contributed by atoms with Crippen molar-refractivity contribution in [3.05, 3.63) is 108 Å². The van der Waals surface area contributed by atoms with Crippen molar-refractivity contribution in [1.29, 1.82) is 0 Å². The third kappa shape index (κ3) is 5.55. The first-order valence-electron chi connectivity index (χ1n) is 18.3. The normalized spacial score (nSPS) is 21.7. The zero-order chi connectivity index (χ0) is 45.1. The number of fused-ring (bicyclic) bond motifs is 5. The van der Waals surface area contributed by atoms with Crippen LogP contribution in [0.25, 0.3) is 11.0 Å². The number of carbonyl (C=O) groups excluding carboxylic acids is 2. The molecule has 1 saturated heterocycles. The number of halogens is 7. The highest BCUT2D eigenvalue weighted by molar-refractivity contribution is 6.58. The summed E-state index contributed by atoms with van der Waals surface area (Å²) in [5.74, 6) is -18.2. The molecule has 23 heteroatoms. The second-order valence-electron chi connectivity index (χ2n) is 14.5. The molecule has 0 spiro atoms. The molecule has 2 aromatic heterocycles. The first-order chi connectivity index (χ1) is 29.3. The SMILES string of the molecule is COc1cc2nc(CCn3c(=O)n4n(c3=O)C3CC5(Cl)C(=O)N(c6c(F)c(F)c(F)c(F)c6F)C(=O)C5(Cl)C(c5cc(OC)c(O)c(OC)c5)C3=CC4)c(=O)n(C)c2cc1OC. The Kier molecular flexibility index (Phi) is 10.0. The number of aromatic nitrogens is 5. The van der Waals surface area contributed by atoms with Crippen LogP contribution in [0.4, 0.5) is 27.6 Å². The fourth-order valence-corrected chi connectivity index (χ4v) is 9.53. The van der Waals surface area contributed by atoms with Crippen LogP contribution in [0.15, 0.2) is 50.3 Å². The minimum absolute atomic E-state index is 0.0330. The lowest BCUT2D eigenvalue weighted by atomic mass is 9.64. The van der Waals surface area contributed by atoms with Gasteiger partial charge < -0.3 is 28.6 Å². The number of phenols is 1. The minimum atomic E-state index is -2.87. The Morgan fingerprint density at radius 3 is 1.94 bits per heavy atom. The van der Waals surface area contributed by atoms with Gasteiger partial charge in [0.1, 0.15) is 11.4 Å². The zero-order valence-corrected chi connectivity index (χ0v) is 34.3. The maximum atomic E-state index is 15.4. The van der Waals surface area contributed by atoms with Gasteiger partial charge >= 0.3 is 11.4 Å². The number of anilines is 1. The van der Waals surface area contributed by atoms with Crippen molar-refractivity contribution in [3.8, 4) is 28.7 Å². The monoisotopic (exact) mass is 908 g/mol. The molecular formula is C39H31Cl2F5N6O10. The van der Waals surface area contributed by atoms with E-state index >= 15 is 8.78 Å². The van der Waals surface area contributed by atoms with Crippen LogP contribution in [0.2, 0.25) is 0 Å². The molecule has 4 heterocycles. The third-order valence-corrected chi connectivity index (χ3v) is 13.0. The Balaban J connectivity index is 1.28. The molecule has 3 aromatic carbocycles. The van der Waals surface area contributed by atoms with Crippen molar-refractivity contribution in [3.63, 3.8) is 0 Å². The fourth-order valence-electron chi connectivity index (χ4n) is 8.61. The summed E-state index contributed by atoms with van der Waals surface area (Å²) in [5.41, 5.74) is -3.74. The number of phenolic OH excluding ortho intramolecular Hbond substituents is 1. The number of nitrogens with zero attached hydrogens (tertiary/aromatic N) is 6. The van der Waals surface area contributed by atoms with Crippen molar-refractivity contribution < 1.29 is 55.6 Å². The number of imide groups is 1. The quantitative estimate of drug-likeness (QED) is 0.0566. The second-order valence-corrected chi connectivity index (χ2v) is 15.8. The largest absolute Gasteiger partial charge is 0.502 e. The number of rotatable bonds is 9. The Morgan fingerprint density at radius 2 is 1.35 bits per heavy atom. The standard InChI is InChI=1S/C39H31Cl2F5N6O10/c1-48-19-13-22(60-3)21(59-2)12-18(19)47-17(33(48)54)7-8-49-36(57)50-9-6-16-20(52(50)37(49)58)14-38(40)34(55)51(31-29(45)27(43)26(42)28(44)30(31)46)35(56)39(38,41)25(16)15-10-23(61-4)32(53)24(11-15)62-5/h6,10-13,20,25,53H,7-9,14H2,1-5H3. The molecule has 16 nitrogen and oxygen atoms in total. The van der Waals surface area contributed by atoms with E-state index in [1.165, 1.54) is 44.0 Å². The molecular weight excluding hydrogens is 878 g/mol. The number of carbonyl (C=O) groups is 2. The van der Waals surface area contributed by atoms with Crippen LogP contribution in [0, 0.1) is 29.1 Å². The lowest BCUT2D eigenvalue weighted by Gasteiger charge is -2.49. The Hall–Kier alpha value is -6.35. The number of allylic oxidation sites excluding steroid dienone is 2. The molecule has 5 aromatic rings. The molecule has 2 aliphatic heterocycles. The minimum Gasteiger partial charge on any atom is -0.502 e. The Bertz CT molecular complexity index is 2990. The fraction of sp³-hybridized carbons (Fsp3) is 0.333. The van der Waals surface area contributed by atoms with Crippen LogP contribution in [0.5, 0.6) is 28.7 Å². The number of methoxy groups -OCH3 is 4. The number of benzene rings is 3. The van der Waals surface area contributed by atoms with Gasteiger partial charge in [-0.1, -0.05) is 6.08 Å². The van der Waals surface area contributed by atoms with Gasteiger partial charge in [0, 0.05) is 44.5 Å². The number of aromatic hydroxyl groups is 1. The van der Waals surface area contributed by atoms with Crippen molar-refractivity contribution in [1.82, 2.24) is 23.5 Å². The summed E-state index contributed by atoms with van der Waals surface area (Å²) < 4.78 is 99.6. The summed E-state index contributed by atoms with van der Waals surface area (Å²) in [6, 6.07) is 3.98. The summed E-state index contributed by atoms with van der Waals surface area (Å²) in [7, 11) is 6.66. The molecule has 1 aliphatic carbocycles. The van der Waals surface area contributed by atoms with E-state index in [0.717, 1.165) is 28.2 Å². The van der Waals surface area contributed by atoms with E-state index in [0.29, 0.717) is 22.5 Å². The van der Waals surface area contributed by atoms with E-state index in [-0.39, 0.29) is 46.2 Å². The van der Waals surface area contributed by atoms with Gasteiger partial charge in [-0.3, -0.25) is 14.4 Å². The predicted octanol–water partition coefficient (Wildman–Crippen LogP) is 3.93. The number of alkyl halides is 2. The van der Waals surface area contributed by atoms with E-state index in [4.69, 9.17) is 42.1 Å². The van der Waals surface area contributed by atoms with Crippen molar-refractivity contribution in [2.75, 3.05) is 33.3 Å². The highest BCUT2D eigenvalue weighted by Gasteiger charge is 2.76. The van der Waals surface area contributed by atoms with E-state index < -0.39 is 104 Å². The maximum absolute atomic E-state index is 15.4. The molecule has 2 amide bonds. The molecule has 0 radical (unpaired) electrons. The maximum Gasteiger partial charge on any atom is 0.347 e. The summed E-state index contributed by atoms with van der Waals surface area (Å²) >= 11 is 14.4. The van der Waals surface area contributed by atoms with Gasteiger partial charge in [-0.25, -0.2) is 55.4 Å². The van der Waals surface area contributed by atoms with Gasteiger partial charge in [-0.2, -0.15) is 0 Å². The molecule has 4 unspecified atom stereocenters. The van der Waals surface area contributed by atoms with Crippen molar-refractivity contribution in [2.24, 2.45) is 7.05 Å². The first kappa shape index (κ1) is 42.3. The molecule has 0 bridgehead atoms. The van der Waals surface area contributed by atoms with Crippen molar-refractivity contribution >= 4 is 51.7 Å². The van der Waals surface area contributed by atoms with Crippen molar-refractivity contribution in [2.45, 2.75) is 47.6 Å². The highest BCUT2D eigenvalue weighted by atomic mass is 35.5. The molecule has 2 fully saturated rings. The summed E-state index contributed by atoms with van der Waals surface area (Å²) in [6.07, 6.45) is 0.295. The average molecular weight is 910 g/mol. The second kappa shape index (κ2) is 14.6. The van der Waals surface area contributed by atoms with E-state index in [9.17, 15) is 42.3 Å². The molecule has 1 saturated carbocycles. The van der Waals surface area contributed by atoms with Gasteiger partial charge in [0.25, 0.3) is 17.4 Å². The van der Waals surface area contributed by atoms with Crippen LogP contribution < -0.4 is 40.8 Å². The number of ether oxygens (including phenoxy) is 4. The molecule has 326 valence electrons. The number of amides is 2. The van der Waals surface area contributed by atoms with E-state index in [1.807, 2.05) is 0 Å². The van der Waals surface area contributed by atoms with Crippen LogP contribution in [-0.4, -0.2) is 78.6 Å². The predicted molar refractivity (Wildman–Crippen MR) is 208 cm³/mol. The zero-order valence-electron chi connectivity index (χ0n) is 32.8. The van der Waals surface area contributed by atoms with Crippen LogP contribution in [0.3, 0.4) is 0 Å². The highest BCUT2D eigenvalue weighted by Crippen LogP contribution is 2.64. The summed E-state index contributed by atoms with van der Waals surface area (Å²) in [6.45, 7) is -0.778. The Labute approximate surface area is 354 Å². The number of hydrogen-bond donors (Lipinski definition) is 1. The Morgan fingerprint density at radius 1 is 0.790 bits per heavy atom. The first-order valence-corrected chi connectivity index (χ1v) is 19.0. The number of aryl methyl sites for hydroxylation is 2. The molecule has 62 heavy (non-hydrogen) atoms. The molecule has 4 atom stereocenters. The smallest absolute Gasteiger partial charge is 0.347 e. The van der Waals surface area contributed by atoms with Gasteiger partial charge in [-0.05, 0) is 23.3 Å². The van der Waals surface area contributed by atoms with Crippen LogP contribution in [-0.2, 0) is 36.1 Å². The van der Waals surface area contributed by atoms with E-state index in [2.05, 4.69) is 4.98 Å². The van der Waals surface area contributed by atoms with Crippen LogP contribution >= 0.6 is 23.2 Å². The lowest BCUT2D eigenvalue weighted by Crippen LogP contribution is -2.59. The van der Waals surface area contributed by atoms with Gasteiger partial charge in [0.15, 0.2) is 56.0 Å². The summed E-state index contributed by atoms with van der Waals surface area (Å²) in [5, 5.41) is 10.8. The molecule has 3 aliphatic rings. The molecule has 1 N–H and O–H groups in total. The van der Waals surface area contributed by atoms with E-state index in [1.54, 1.807) is 12.1 Å². The third-order valence-electron chi connectivity index (χ3n) is 11.6. The van der Waals surface area contributed by atoms with Gasteiger partial charge in [0.05, 0.1) is 52.1 Å². The van der Waals surface area contributed by atoms with Gasteiger partial charge in [-0.15, -0.1) is 23.2 Å². The van der Waals surface area contributed by atoms with Crippen LogP contribution in [0.1, 0.15) is 29.6 Å². The summed E-state index contributed by atoms with van der Waals surface area (Å²) in [4.78, 5) is 69.4. The molecule has 8 rings (SSSR count). The average Bonchev–Trinajstić information content (AvgIpc) is 3.59. The topological polar surface area (TPSA) is 178 Å².